The molecule has 8 nitrogen and oxygen atoms in total. The molecule has 0 heterocycles. The van der Waals surface area contributed by atoms with Gasteiger partial charge in [-0.15, -0.1) is 0 Å². The summed E-state index contributed by atoms with van der Waals surface area (Å²) in [6, 6.07) is 11.0. The Morgan fingerprint density at radius 1 is 1.17 bits per heavy atom. The second kappa shape index (κ2) is 10.9. The van der Waals surface area contributed by atoms with Crippen LogP contribution in [0.5, 0.6) is 5.75 Å². The predicted molar refractivity (Wildman–Crippen MR) is 109 cm³/mol. The maximum Gasteiger partial charge on any atom is 0.435 e. The molecule has 2 aromatic rings. The summed E-state index contributed by atoms with van der Waals surface area (Å²) in [4.78, 5) is 27.5. The zero-order valence-corrected chi connectivity index (χ0v) is 17.0. The number of rotatable bonds is 8. The van der Waals surface area contributed by atoms with Crippen LogP contribution in [0.3, 0.4) is 0 Å². The smallest absolute Gasteiger partial charge is 0.435 e. The van der Waals surface area contributed by atoms with E-state index in [9.17, 15) is 14.0 Å². The van der Waals surface area contributed by atoms with E-state index in [1.165, 1.54) is 26.4 Å². The molecule has 0 aliphatic rings. The van der Waals surface area contributed by atoms with Gasteiger partial charge in [-0.1, -0.05) is 24.3 Å². The molecule has 2 rings (SSSR count). The lowest BCUT2D eigenvalue weighted by atomic mass is 10.1. The van der Waals surface area contributed by atoms with Gasteiger partial charge in [-0.25, -0.2) is 9.18 Å². The van der Waals surface area contributed by atoms with Crippen LogP contribution in [0.15, 0.2) is 47.5 Å². The number of carbonyl (C=O) groups is 2. The number of aliphatic imine (C=N–C) groups is 1. The molecule has 1 atom stereocenters. The number of methoxy groups -OCH3 is 2. The molecule has 0 saturated carbocycles. The number of nitrogens with one attached hydrogen (secondary N) is 1. The van der Waals surface area contributed by atoms with E-state index in [1.807, 2.05) is 0 Å². The Bertz CT molecular complexity index is 915. The van der Waals surface area contributed by atoms with E-state index < -0.39 is 23.9 Å². The van der Waals surface area contributed by atoms with Crippen LogP contribution in [0.25, 0.3) is 0 Å². The van der Waals surface area contributed by atoms with E-state index in [0.29, 0.717) is 11.3 Å². The maximum absolute atomic E-state index is 14.3. The van der Waals surface area contributed by atoms with Crippen LogP contribution in [-0.2, 0) is 20.8 Å². The highest BCUT2D eigenvalue weighted by atomic mass is 19.1. The largest absolute Gasteiger partial charge is 0.497 e. The van der Waals surface area contributed by atoms with Gasteiger partial charge in [0.25, 0.3) is 5.91 Å². The molecule has 30 heavy (non-hydrogen) atoms. The van der Waals surface area contributed by atoms with Crippen LogP contribution >= 0.6 is 0 Å². The lowest BCUT2D eigenvalue weighted by molar-refractivity contribution is -0.131. The molecule has 3 N–H and O–H groups in total. The topological polar surface area (TPSA) is 112 Å². The van der Waals surface area contributed by atoms with E-state index in [0.717, 1.165) is 5.56 Å². The van der Waals surface area contributed by atoms with Gasteiger partial charge in [0.05, 0.1) is 13.7 Å². The molecule has 0 aliphatic carbocycles. The molecular formula is C21H24FN3O5. The third-order valence-electron chi connectivity index (χ3n) is 4.16. The van der Waals surface area contributed by atoms with Gasteiger partial charge >= 0.3 is 6.09 Å². The maximum atomic E-state index is 14.3. The number of amidine groups is 1. The molecule has 160 valence electrons. The number of nitrogens with two attached hydrogens (primary N) is 1. The van der Waals surface area contributed by atoms with E-state index in [1.54, 1.807) is 37.3 Å². The molecule has 0 bridgehead atoms. The van der Waals surface area contributed by atoms with Gasteiger partial charge in [-0.3, -0.25) is 4.79 Å². The average Bonchev–Trinajstić information content (AvgIpc) is 2.74. The van der Waals surface area contributed by atoms with Crippen molar-refractivity contribution in [3.63, 3.8) is 0 Å². The Morgan fingerprint density at radius 3 is 2.43 bits per heavy atom. The lowest BCUT2D eigenvalue weighted by Crippen LogP contribution is -2.30. The monoisotopic (exact) mass is 417 g/mol. The standard InChI is InChI=1S/C21H24FN3O5/c1-4-30-21(27)25-19(23)14-7-5-13(6-8-14)12-24-20(26)18(29-3)16-10-9-15(28-2)11-17(16)22/h5-11,18H,4,12H2,1-3H3,(H,24,26)(H2,23,25,27). The van der Waals surface area contributed by atoms with Crippen molar-refractivity contribution in [2.45, 2.75) is 19.6 Å². The van der Waals surface area contributed by atoms with Gasteiger partial charge in [0.1, 0.15) is 17.4 Å². The highest BCUT2D eigenvalue weighted by Gasteiger charge is 2.23. The van der Waals surface area contributed by atoms with Crippen molar-refractivity contribution in [2.24, 2.45) is 10.7 Å². The van der Waals surface area contributed by atoms with Gasteiger partial charge in [0, 0.05) is 30.8 Å². The van der Waals surface area contributed by atoms with Crippen LogP contribution in [-0.4, -0.2) is 38.7 Å². The van der Waals surface area contributed by atoms with E-state index >= 15 is 0 Å². The lowest BCUT2D eigenvalue weighted by Gasteiger charge is -2.17. The molecule has 0 aliphatic heterocycles. The minimum absolute atomic E-state index is 0.0264. The second-order valence-corrected chi connectivity index (χ2v) is 6.11. The normalized spacial score (nSPS) is 12.2. The molecule has 2 aromatic carbocycles. The quantitative estimate of drug-likeness (QED) is 0.505. The van der Waals surface area contributed by atoms with Crippen molar-refractivity contribution in [1.82, 2.24) is 5.32 Å². The first-order chi connectivity index (χ1) is 14.4. The summed E-state index contributed by atoms with van der Waals surface area (Å²) in [6.45, 7) is 2.06. The van der Waals surface area contributed by atoms with E-state index in [-0.39, 0.29) is 24.6 Å². The molecule has 1 unspecified atom stereocenters. The van der Waals surface area contributed by atoms with Crippen molar-refractivity contribution in [2.75, 3.05) is 20.8 Å². The number of amides is 2. The predicted octanol–water partition coefficient (Wildman–Crippen LogP) is 2.70. The number of benzene rings is 2. The summed E-state index contributed by atoms with van der Waals surface area (Å²) >= 11 is 0. The highest BCUT2D eigenvalue weighted by molar-refractivity contribution is 6.02. The van der Waals surface area contributed by atoms with Crippen molar-refractivity contribution >= 4 is 17.8 Å². The Labute approximate surface area is 173 Å². The number of hydrogen-bond donors (Lipinski definition) is 2. The zero-order valence-electron chi connectivity index (χ0n) is 17.0. The molecule has 0 spiro atoms. The van der Waals surface area contributed by atoms with Gasteiger partial charge in [0.15, 0.2) is 6.10 Å². The Kier molecular flexibility index (Phi) is 8.30. The molecule has 0 radical (unpaired) electrons. The summed E-state index contributed by atoms with van der Waals surface area (Å²) in [5.41, 5.74) is 7.18. The first kappa shape index (κ1) is 22.8. The molecule has 2 amide bonds. The average molecular weight is 417 g/mol. The van der Waals surface area contributed by atoms with E-state index in [2.05, 4.69) is 10.3 Å². The third-order valence-corrected chi connectivity index (χ3v) is 4.16. The summed E-state index contributed by atoms with van der Waals surface area (Å²) < 4.78 is 29.1. The molecule has 9 heteroatoms. The van der Waals surface area contributed by atoms with Crippen molar-refractivity contribution in [3.8, 4) is 5.75 Å². The summed E-state index contributed by atoms with van der Waals surface area (Å²) in [5, 5.41) is 2.70. The fourth-order valence-electron chi connectivity index (χ4n) is 2.62. The molecular weight excluding hydrogens is 393 g/mol. The van der Waals surface area contributed by atoms with Crippen molar-refractivity contribution in [1.29, 1.82) is 0 Å². The van der Waals surface area contributed by atoms with Crippen LogP contribution in [0.4, 0.5) is 9.18 Å². The second-order valence-electron chi connectivity index (χ2n) is 6.11. The van der Waals surface area contributed by atoms with Gasteiger partial charge < -0.3 is 25.3 Å². The summed E-state index contributed by atoms with van der Waals surface area (Å²) in [6.07, 6.45) is -1.87. The summed E-state index contributed by atoms with van der Waals surface area (Å²) in [7, 11) is 2.75. The minimum atomic E-state index is -1.11. The third kappa shape index (κ3) is 6.02. The fraction of sp³-hybridized carbons (Fsp3) is 0.286. The zero-order chi connectivity index (χ0) is 22.1. The Hall–Kier alpha value is -3.46. The van der Waals surface area contributed by atoms with Crippen molar-refractivity contribution < 1.29 is 28.2 Å². The van der Waals surface area contributed by atoms with Crippen LogP contribution < -0.4 is 15.8 Å². The number of hydrogen-bond acceptors (Lipinski definition) is 5. The first-order valence-electron chi connectivity index (χ1n) is 9.13. The number of halogens is 1. The Balaban J connectivity index is 2.02. The van der Waals surface area contributed by atoms with Crippen LogP contribution in [0.2, 0.25) is 0 Å². The molecule has 0 saturated heterocycles. The summed E-state index contributed by atoms with van der Waals surface area (Å²) in [5.74, 6) is -0.720. The van der Waals surface area contributed by atoms with Gasteiger partial charge in [-0.05, 0) is 24.6 Å². The number of carbonyl (C=O) groups excluding carboxylic acids is 2. The van der Waals surface area contributed by atoms with Gasteiger partial charge in [0.2, 0.25) is 0 Å². The first-order valence-corrected chi connectivity index (χ1v) is 9.13. The fourth-order valence-corrected chi connectivity index (χ4v) is 2.62. The Morgan fingerprint density at radius 2 is 1.87 bits per heavy atom. The van der Waals surface area contributed by atoms with Gasteiger partial charge in [-0.2, -0.15) is 4.99 Å². The minimum Gasteiger partial charge on any atom is -0.497 e. The number of ether oxygens (including phenoxy) is 3. The highest BCUT2D eigenvalue weighted by Crippen LogP contribution is 2.24. The van der Waals surface area contributed by atoms with Crippen LogP contribution in [0, 0.1) is 5.82 Å². The number of nitrogens with zero attached hydrogens (tertiary/aromatic N) is 1. The van der Waals surface area contributed by atoms with Crippen molar-refractivity contribution in [3.05, 3.63) is 65.0 Å². The van der Waals surface area contributed by atoms with E-state index in [4.69, 9.17) is 19.9 Å². The molecule has 0 aromatic heterocycles. The molecule has 0 fully saturated rings. The van der Waals surface area contributed by atoms with Crippen LogP contribution in [0.1, 0.15) is 29.7 Å². The SMILES string of the molecule is CCOC(=O)N=C(N)c1ccc(CNC(=O)C(OC)c2ccc(OC)cc2F)cc1.